The Morgan fingerprint density at radius 2 is 1.81 bits per heavy atom. The molecule has 10 heteroatoms. The van der Waals surface area contributed by atoms with E-state index in [9.17, 15) is 9.18 Å². The summed E-state index contributed by atoms with van der Waals surface area (Å²) in [5.74, 6) is -0.504. The van der Waals surface area contributed by atoms with Crippen LogP contribution >= 0.6 is 0 Å². The average molecular weight is 441 g/mol. The van der Waals surface area contributed by atoms with Gasteiger partial charge in [0.2, 0.25) is 5.95 Å². The first-order valence-corrected chi connectivity index (χ1v) is 11.4. The van der Waals surface area contributed by atoms with E-state index in [2.05, 4.69) is 35.6 Å². The number of rotatable bonds is 7. The van der Waals surface area contributed by atoms with E-state index >= 15 is 0 Å². The summed E-state index contributed by atoms with van der Waals surface area (Å²) in [4.78, 5) is 20.6. The number of hydrogen-bond acceptors (Lipinski definition) is 8. The lowest BCUT2D eigenvalue weighted by Gasteiger charge is -2.39. The maximum absolute atomic E-state index is 14.9. The number of amides is 1. The molecular formula is C22H29FN8O. The molecule has 2 heterocycles. The number of piperazine rings is 1. The third-order valence-corrected chi connectivity index (χ3v) is 6.54. The van der Waals surface area contributed by atoms with Crippen molar-refractivity contribution < 1.29 is 9.18 Å². The fourth-order valence-electron chi connectivity index (χ4n) is 4.63. The lowest BCUT2D eigenvalue weighted by atomic mass is 10.1. The van der Waals surface area contributed by atoms with Crippen LogP contribution in [0.1, 0.15) is 49.0 Å². The molecule has 1 saturated heterocycles. The quantitative estimate of drug-likeness (QED) is 0.602. The Kier molecular flexibility index (Phi) is 5.77. The van der Waals surface area contributed by atoms with E-state index < -0.39 is 5.91 Å². The van der Waals surface area contributed by atoms with Crippen LogP contribution in [0.4, 0.5) is 27.5 Å². The van der Waals surface area contributed by atoms with Gasteiger partial charge in [0.15, 0.2) is 11.5 Å². The minimum absolute atomic E-state index is 0.000671. The number of nitrogens with one attached hydrogen (secondary N) is 2. The van der Waals surface area contributed by atoms with Crippen molar-refractivity contribution in [2.45, 2.75) is 50.6 Å². The summed E-state index contributed by atoms with van der Waals surface area (Å²) >= 11 is 0. The molecule has 4 N–H and O–H groups in total. The van der Waals surface area contributed by atoms with Gasteiger partial charge in [-0.1, -0.05) is 12.8 Å². The van der Waals surface area contributed by atoms with Gasteiger partial charge in [0.25, 0.3) is 5.91 Å². The first-order valence-electron chi connectivity index (χ1n) is 11.4. The third-order valence-electron chi connectivity index (χ3n) is 6.54. The van der Waals surface area contributed by atoms with E-state index in [0.717, 1.165) is 39.0 Å². The molecule has 0 radical (unpaired) electrons. The fourth-order valence-corrected chi connectivity index (χ4v) is 4.63. The van der Waals surface area contributed by atoms with Crippen molar-refractivity contribution in [1.29, 1.82) is 0 Å². The van der Waals surface area contributed by atoms with E-state index in [0.29, 0.717) is 23.2 Å². The summed E-state index contributed by atoms with van der Waals surface area (Å²) < 4.78 is 14.9. The maximum Gasteiger partial charge on any atom is 0.273 e. The Bertz CT molecular complexity index is 984. The molecule has 2 aliphatic carbocycles. The van der Waals surface area contributed by atoms with Gasteiger partial charge >= 0.3 is 0 Å². The molecule has 170 valence electrons. The van der Waals surface area contributed by atoms with Gasteiger partial charge in [0.05, 0.1) is 5.69 Å². The van der Waals surface area contributed by atoms with Gasteiger partial charge in [-0.3, -0.25) is 9.69 Å². The maximum atomic E-state index is 14.9. The number of anilines is 4. The first kappa shape index (κ1) is 20.9. The molecule has 0 atom stereocenters. The second-order valence-electron chi connectivity index (χ2n) is 8.87. The smallest absolute Gasteiger partial charge is 0.273 e. The fraction of sp³-hybridized carbons (Fsp3) is 0.545. The SMILES string of the molecule is NC(=O)c1nnc(Nc2ccc(N3CCN(C4CCCC4)CC3)c(F)c2)nc1NC1CC1. The Hall–Kier alpha value is -3.01. The zero-order valence-electron chi connectivity index (χ0n) is 18.1. The van der Waals surface area contributed by atoms with Gasteiger partial charge in [-0.25, -0.2) is 4.39 Å². The molecule has 1 aromatic carbocycles. The highest BCUT2D eigenvalue weighted by Crippen LogP contribution is 2.29. The minimum atomic E-state index is -0.692. The molecule has 2 saturated carbocycles. The van der Waals surface area contributed by atoms with Crippen LogP contribution in [0.5, 0.6) is 0 Å². The number of nitrogens with zero attached hydrogens (tertiary/aromatic N) is 5. The summed E-state index contributed by atoms with van der Waals surface area (Å²) in [6.07, 6.45) is 7.26. The van der Waals surface area contributed by atoms with Gasteiger partial charge in [-0.2, -0.15) is 4.98 Å². The average Bonchev–Trinajstić information content (AvgIpc) is 3.42. The van der Waals surface area contributed by atoms with Crippen molar-refractivity contribution in [3.05, 3.63) is 29.7 Å². The van der Waals surface area contributed by atoms with E-state index in [1.54, 1.807) is 12.1 Å². The summed E-state index contributed by atoms with van der Waals surface area (Å²) in [6, 6.07) is 6.02. The molecule has 0 bridgehead atoms. The molecule has 1 aromatic heterocycles. The summed E-state index contributed by atoms with van der Waals surface area (Å²) in [5, 5.41) is 13.9. The molecule has 3 fully saturated rings. The summed E-state index contributed by atoms with van der Waals surface area (Å²) in [6.45, 7) is 3.62. The molecule has 2 aromatic rings. The zero-order chi connectivity index (χ0) is 22.1. The zero-order valence-corrected chi connectivity index (χ0v) is 18.1. The highest BCUT2D eigenvalue weighted by Gasteiger charge is 2.27. The van der Waals surface area contributed by atoms with Crippen molar-refractivity contribution in [2.24, 2.45) is 5.73 Å². The van der Waals surface area contributed by atoms with Crippen LogP contribution in [0.25, 0.3) is 0 Å². The van der Waals surface area contributed by atoms with Gasteiger partial charge < -0.3 is 21.3 Å². The van der Waals surface area contributed by atoms with Crippen LogP contribution in [-0.2, 0) is 0 Å². The molecule has 1 aliphatic heterocycles. The molecule has 0 unspecified atom stereocenters. The molecule has 0 spiro atoms. The molecular weight excluding hydrogens is 411 g/mol. The lowest BCUT2D eigenvalue weighted by molar-refractivity contribution is 0.0995. The van der Waals surface area contributed by atoms with Crippen molar-refractivity contribution >= 4 is 29.0 Å². The number of benzene rings is 1. The van der Waals surface area contributed by atoms with Crippen molar-refractivity contribution in [2.75, 3.05) is 41.7 Å². The van der Waals surface area contributed by atoms with E-state index in [1.807, 2.05) is 0 Å². The van der Waals surface area contributed by atoms with Crippen LogP contribution in [-0.4, -0.2) is 64.3 Å². The second kappa shape index (κ2) is 8.85. The number of halogens is 1. The number of nitrogens with two attached hydrogens (primary N) is 1. The van der Waals surface area contributed by atoms with Crippen LogP contribution in [0, 0.1) is 5.82 Å². The Balaban J connectivity index is 1.25. The van der Waals surface area contributed by atoms with E-state index in [1.165, 1.54) is 31.7 Å². The van der Waals surface area contributed by atoms with Crippen LogP contribution in [0.3, 0.4) is 0 Å². The number of carbonyl (C=O) groups is 1. The number of aromatic nitrogens is 3. The number of hydrogen-bond donors (Lipinski definition) is 3. The topological polar surface area (TPSA) is 112 Å². The van der Waals surface area contributed by atoms with Crippen LogP contribution in [0.2, 0.25) is 0 Å². The third kappa shape index (κ3) is 4.59. The predicted molar refractivity (Wildman–Crippen MR) is 121 cm³/mol. The highest BCUT2D eigenvalue weighted by molar-refractivity contribution is 5.95. The Morgan fingerprint density at radius 1 is 1.06 bits per heavy atom. The Labute approximate surface area is 186 Å². The van der Waals surface area contributed by atoms with Crippen LogP contribution in [0.15, 0.2) is 18.2 Å². The number of carbonyl (C=O) groups excluding carboxylic acids is 1. The first-order chi connectivity index (χ1) is 15.6. The molecule has 1 amide bonds. The second-order valence-corrected chi connectivity index (χ2v) is 8.87. The molecule has 9 nitrogen and oxygen atoms in total. The molecule has 32 heavy (non-hydrogen) atoms. The summed E-state index contributed by atoms with van der Waals surface area (Å²) in [7, 11) is 0. The predicted octanol–water partition coefficient (Wildman–Crippen LogP) is 2.49. The van der Waals surface area contributed by atoms with Crippen molar-refractivity contribution in [1.82, 2.24) is 20.1 Å². The number of primary amides is 1. The highest BCUT2D eigenvalue weighted by atomic mass is 19.1. The van der Waals surface area contributed by atoms with Crippen molar-refractivity contribution in [3.63, 3.8) is 0 Å². The minimum Gasteiger partial charge on any atom is -0.367 e. The van der Waals surface area contributed by atoms with E-state index in [4.69, 9.17) is 5.73 Å². The normalized spacial score (nSPS) is 19.8. The van der Waals surface area contributed by atoms with Crippen LogP contribution < -0.4 is 21.3 Å². The van der Waals surface area contributed by atoms with Gasteiger partial charge in [0.1, 0.15) is 5.82 Å². The molecule has 5 rings (SSSR count). The largest absolute Gasteiger partial charge is 0.367 e. The van der Waals surface area contributed by atoms with Gasteiger partial charge in [-0.15, -0.1) is 10.2 Å². The lowest BCUT2D eigenvalue weighted by Crippen LogP contribution is -2.50. The standard InChI is InChI=1S/C22H29FN8O/c23-17-13-15(26-22-27-21(25-14-5-6-14)19(20(24)32)28-29-22)7-8-18(17)31-11-9-30(10-12-31)16-3-1-2-4-16/h7-8,13-14,16H,1-6,9-12H2,(H2,24,32)(H2,25,26,27,29). The Morgan fingerprint density at radius 3 is 2.47 bits per heavy atom. The monoisotopic (exact) mass is 440 g/mol. The van der Waals surface area contributed by atoms with Gasteiger partial charge in [-0.05, 0) is 43.9 Å². The summed E-state index contributed by atoms with van der Waals surface area (Å²) in [5.41, 5.74) is 6.49. The molecule has 3 aliphatic rings. The van der Waals surface area contributed by atoms with Crippen molar-refractivity contribution in [3.8, 4) is 0 Å². The van der Waals surface area contributed by atoms with Gasteiger partial charge in [0, 0.05) is 44.0 Å². The van der Waals surface area contributed by atoms with E-state index in [-0.39, 0.29) is 23.5 Å².